The molecular weight excluding hydrogens is 857 g/mol. The normalized spacial score (nSPS) is 12.1. The number of aliphatic imine (C=N–C) groups is 1. The van der Waals surface area contributed by atoms with E-state index in [1.165, 1.54) is 13.1 Å². The smallest absolute Gasteiger partial charge is 0.323 e. The topological polar surface area (TPSA) is 189 Å². The zero-order chi connectivity index (χ0) is 45.8. The van der Waals surface area contributed by atoms with E-state index in [0.29, 0.717) is 55.3 Å². The van der Waals surface area contributed by atoms with Gasteiger partial charge in [0.05, 0.1) is 28.3 Å². The Labute approximate surface area is 381 Å². The predicted molar refractivity (Wildman–Crippen MR) is 244 cm³/mol. The van der Waals surface area contributed by atoms with E-state index in [2.05, 4.69) is 38.5 Å². The molecule has 2 atom stereocenters. The maximum atomic E-state index is 11.8. The summed E-state index contributed by atoms with van der Waals surface area (Å²) in [5.41, 5.74) is 9.62. The van der Waals surface area contributed by atoms with Crippen LogP contribution < -0.4 is 24.3 Å². The Kier molecular flexibility index (Phi) is 16.3. The molecule has 2 heterocycles. The Bertz CT molecular complexity index is 2690. The van der Waals surface area contributed by atoms with E-state index in [4.69, 9.17) is 42.1 Å². The average molecular weight is 905 g/mol. The van der Waals surface area contributed by atoms with Crippen molar-refractivity contribution in [3.8, 4) is 40.2 Å². The molecule has 13 nitrogen and oxygen atoms in total. The summed E-state index contributed by atoms with van der Waals surface area (Å²) in [6, 6.07) is 23.1. The third kappa shape index (κ3) is 11.9. The number of aromatic nitrogens is 2. The molecule has 6 aromatic rings. The van der Waals surface area contributed by atoms with E-state index in [1.807, 2.05) is 44.2 Å². The number of pyridine rings is 2. The highest BCUT2D eigenvalue weighted by molar-refractivity contribution is 6.32. The molecule has 6 rings (SSSR count). The maximum Gasteiger partial charge on any atom is 0.323 e. The van der Waals surface area contributed by atoms with Crippen LogP contribution >= 0.6 is 23.2 Å². The van der Waals surface area contributed by atoms with Crippen molar-refractivity contribution in [1.82, 2.24) is 15.3 Å². The number of hydrogen-bond acceptors (Lipinski definition) is 12. The monoisotopic (exact) mass is 903 g/mol. The predicted octanol–water partition coefficient (Wildman–Crippen LogP) is 8.72. The summed E-state index contributed by atoms with van der Waals surface area (Å²) in [5.74, 6) is 0.353. The molecule has 0 radical (unpaired) electrons. The van der Waals surface area contributed by atoms with Crippen molar-refractivity contribution in [2.75, 3.05) is 7.05 Å². The van der Waals surface area contributed by atoms with Gasteiger partial charge in [0.25, 0.3) is 0 Å². The van der Waals surface area contributed by atoms with Crippen LogP contribution in [0.15, 0.2) is 103 Å². The molecule has 0 unspecified atom stereocenters. The van der Waals surface area contributed by atoms with Crippen LogP contribution in [0.2, 0.25) is 10.0 Å². The second-order valence-electron chi connectivity index (χ2n) is 14.9. The number of carboxylic acid groups (broad SMARTS) is 1. The van der Waals surface area contributed by atoms with Gasteiger partial charge >= 0.3 is 5.97 Å². The van der Waals surface area contributed by atoms with Gasteiger partial charge < -0.3 is 34.3 Å². The highest BCUT2D eigenvalue weighted by Gasteiger charge is 2.24. The molecule has 4 aromatic carbocycles. The van der Waals surface area contributed by atoms with E-state index >= 15 is 0 Å². The zero-order valence-corrected chi connectivity index (χ0v) is 37.2. The molecule has 2 aromatic heterocycles. The second-order valence-corrected chi connectivity index (χ2v) is 15.7. The van der Waals surface area contributed by atoms with Gasteiger partial charge in [0.15, 0.2) is 0 Å². The van der Waals surface area contributed by atoms with Crippen molar-refractivity contribution < 1.29 is 39.1 Å². The van der Waals surface area contributed by atoms with Crippen molar-refractivity contribution in [2.24, 2.45) is 4.99 Å². The SMILES string of the molecule is CN=Cc1cncc(COc2cc(OCc3cccc(-c4cccc(COc5cc(OCc6cncc(C#N)c6)c(CO)cc5Cl)c4C)c3C)c(Cl)cc2CN[C@@H](C(=O)O)[C@H](C)O)c1. The summed E-state index contributed by atoms with van der Waals surface area (Å²) in [4.78, 5) is 24.2. The summed E-state index contributed by atoms with van der Waals surface area (Å²) >= 11 is 13.4. The molecule has 0 amide bonds. The molecular formula is C49H47Cl2N5O8. The molecule has 0 saturated carbocycles. The quantitative estimate of drug-likeness (QED) is 0.0535. The molecule has 15 heteroatoms. The molecule has 0 bridgehead atoms. The lowest BCUT2D eigenvalue weighted by Crippen LogP contribution is -2.44. The molecule has 0 aliphatic rings. The van der Waals surface area contributed by atoms with Gasteiger partial charge in [0.1, 0.15) is 61.5 Å². The van der Waals surface area contributed by atoms with Crippen molar-refractivity contribution in [3.05, 3.63) is 163 Å². The third-order valence-corrected chi connectivity index (χ3v) is 11.0. The number of nitrogens with one attached hydrogen (secondary N) is 1. The van der Waals surface area contributed by atoms with Crippen LogP contribution in [0.1, 0.15) is 62.6 Å². The average Bonchev–Trinajstić information content (AvgIpc) is 3.28. The third-order valence-electron chi connectivity index (χ3n) is 10.4. The van der Waals surface area contributed by atoms with Crippen molar-refractivity contribution in [1.29, 1.82) is 5.26 Å². The number of halogens is 2. The van der Waals surface area contributed by atoms with Gasteiger partial charge in [-0.25, -0.2) is 0 Å². The first-order chi connectivity index (χ1) is 30.9. The molecule has 0 aliphatic heterocycles. The lowest BCUT2D eigenvalue weighted by Gasteiger charge is -2.20. The zero-order valence-electron chi connectivity index (χ0n) is 35.6. The molecule has 4 N–H and O–H groups in total. The molecule has 0 spiro atoms. The molecule has 64 heavy (non-hydrogen) atoms. The highest BCUT2D eigenvalue weighted by Crippen LogP contribution is 2.37. The largest absolute Gasteiger partial charge is 0.488 e. The Balaban J connectivity index is 1.19. The van der Waals surface area contributed by atoms with E-state index in [9.17, 15) is 25.4 Å². The fourth-order valence-electron chi connectivity index (χ4n) is 6.92. The summed E-state index contributed by atoms with van der Waals surface area (Å²) in [7, 11) is 1.68. The number of aliphatic hydroxyl groups excluding tert-OH is 2. The van der Waals surface area contributed by atoms with Crippen LogP contribution in [0.5, 0.6) is 23.0 Å². The lowest BCUT2D eigenvalue weighted by atomic mass is 9.92. The van der Waals surface area contributed by atoms with E-state index in [0.717, 1.165) is 44.5 Å². The van der Waals surface area contributed by atoms with Crippen LogP contribution in [-0.2, 0) is 44.4 Å². The van der Waals surface area contributed by atoms with Gasteiger partial charge in [0.2, 0.25) is 0 Å². The number of carbonyl (C=O) groups is 1. The van der Waals surface area contributed by atoms with Gasteiger partial charge in [-0.05, 0) is 78.4 Å². The molecule has 0 fully saturated rings. The van der Waals surface area contributed by atoms with Crippen LogP contribution in [-0.4, -0.2) is 56.7 Å². The van der Waals surface area contributed by atoms with Crippen LogP contribution in [0.4, 0.5) is 0 Å². The summed E-state index contributed by atoms with van der Waals surface area (Å²) in [6.07, 6.45) is 7.00. The van der Waals surface area contributed by atoms with E-state index in [-0.39, 0.29) is 39.6 Å². The van der Waals surface area contributed by atoms with Crippen LogP contribution in [0, 0.1) is 25.2 Å². The summed E-state index contributed by atoms with van der Waals surface area (Å²) in [5, 5.41) is 42.4. The minimum atomic E-state index is -1.22. The first-order valence-corrected chi connectivity index (χ1v) is 20.9. The van der Waals surface area contributed by atoms with E-state index < -0.39 is 18.1 Å². The number of benzene rings is 4. The standard InChI is InChI=1S/C49H47Cl2N5O8/c1-29-36(27-63-46-15-44(61-26-35-12-33(18-53-4)20-55-22-35)38(13-42(46)50)23-56-48(31(3)58)49(59)60)7-5-9-40(29)41-10-6-8-37(30(41)2)28-64-47-16-45(39(24-57)14-43(47)51)62-25-34-11-32(17-52)19-54-21-34/h5-16,18-22,31,48,56-58H,23-28H2,1-4H3,(H,59,60)/t31-,48+/m0/s1. The number of carboxylic acids is 1. The first-order valence-electron chi connectivity index (χ1n) is 20.2. The Morgan fingerprint density at radius 3 is 1.83 bits per heavy atom. The number of nitriles is 1. The van der Waals surface area contributed by atoms with Crippen LogP contribution in [0.25, 0.3) is 11.1 Å². The summed E-state index contributed by atoms with van der Waals surface area (Å²) in [6.45, 7) is 5.86. The Morgan fingerprint density at radius 2 is 1.30 bits per heavy atom. The van der Waals surface area contributed by atoms with E-state index in [1.54, 1.807) is 62.2 Å². The van der Waals surface area contributed by atoms with Gasteiger partial charge in [0, 0.05) is 84.5 Å². The number of ether oxygens (including phenoxy) is 4. The fourth-order valence-corrected chi connectivity index (χ4v) is 7.40. The van der Waals surface area contributed by atoms with Gasteiger partial charge in [-0.3, -0.25) is 25.1 Å². The van der Waals surface area contributed by atoms with Crippen LogP contribution in [0.3, 0.4) is 0 Å². The number of hydrogen-bond donors (Lipinski definition) is 4. The number of nitrogens with zero attached hydrogens (tertiary/aromatic N) is 4. The van der Waals surface area contributed by atoms with Gasteiger partial charge in [-0.2, -0.15) is 5.26 Å². The fraction of sp³-hybridized carbons (Fsp3) is 0.245. The lowest BCUT2D eigenvalue weighted by molar-refractivity contribution is -0.142. The minimum Gasteiger partial charge on any atom is -0.488 e. The molecule has 330 valence electrons. The Morgan fingerprint density at radius 1 is 0.766 bits per heavy atom. The number of aliphatic hydroxyl groups is 2. The summed E-state index contributed by atoms with van der Waals surface area (Å²) < 4.78 is 24.9. The Hall–Kier alpha value is -6.53. The van der Waals surface area contributed by atoms with Crippen molar-refractivity contribution in [3.63, 3.8) is 0 Å². The number of rotatable bonds is 20. The maximum absolute atomic E-state index is 11.8. The minimum absolute atomic E-state index is 0.0412. The molecule has 0 saturated heterocycles. The number of aliphatic carboxylic acids is 1. The van der Waals surface area contributed by atoms with Gasteiger partial charge in [-0.15, -0.1) is 0 Å². The molecule has 0 aliphatic carbocycles. The second kappa shape index (κ2) is 22.2. The van der Waals surface area contributed by atoms with Crippen molar-refractivity contribution in [2.45, 2.75) is 72.5 Å². The van der Waals surface area contributed by atoms with Gasteiger partial charge in [-0.1, -0.05) is 59.6 Å². The van der Waals surface area contributed by atoms with Crippen molar-refractivity contribution >= 4 is 35.4 Å². The first kappa shape index (κ1) is 47.0. The highest BCUT2D eigenvalue weighted by atomic mass is 35.5.